The zero-order valence-electron chi connectivity index (χ0n) is 15.6. The Balaban J connectivity index is 0.00000192. The minimum Gasteiger partial charge on any atom is -1.00 e. The number of hydrogen-bond acceptors (Lipinski definition) is 3. The molecule has 0 spiro atoms. The van der Waals surface area contributed by atoms with Crippen molar-refractivity contribution in [2.24, 2.45) is 7.05 Å². The van der Waals surface area contributed by atoms with E-state index in [9.17, 15) is 0 Å². The third-order valence-corrected chi connectivity index (χ3v) is 5.03. The highest BCUT2D eigenvalue weighted by Crippen LogP contribution is 2.38. The largest absolute Gasteiger partial charge is 1.00 e. The molecule has 2 aromatic heterocycles. The van der Waals surface area contributed by atoms with E-state index in [0.29, 0.717) is 0 Å². The van der Waals surface area contributed by atoms with Gasteiger partial charge in [0.05, 0.1) is 23.6 Å². The van der Waals surface area contributed by atoms with E-state index in [1.54, 1.807) is 7.11 Å². The van der Waals surface area contributed by atoms with Gasteiger partial charge in [0.2, 0.25) is 11.1 Å². The highest BCUT2D eigenvalue weighted by molar-refractivity contribution is 6.12. The molecule has 0 aliphatic rings. The van der Waals surface area contributed by atoms with E-state index >= 15 is 0 Å². The number of furan rings is 1. The molecule has 2 heterocycles. The van der Waals surface area contributed by atoms with Crippen LogP contribution in [0.4, 0.5) is 11.4 Å². The Labute approximate surface area is 179 Å². The van der Waals surface area contributed by atoms with Gasteiger partial charge in [-0.2, -0.15) is 4.57 Å². The maximum absolute atomic E-state index is 6.29. The number of aromatic nitrogens is 1. The number of fused-ring (bicyclic) bond motifs is 4. The SMILES string of the molecule is COc1ccccc1Nc1c2ccccc2[n+](C)c2c1oc1ccccc12.[I-]. The van der Waals surface area contributed by atoms with Crippen LogP contribution in [0.25, 0.3) is 33.0 Å². The van der Waals surface area contributed by atoms with Gasteiger partial charge in [-0.25, -0.2) is 0 Å². The highest BCUT2D eigenvalue weighted by atomic mass is 127. The van der Waals surface area contributed by atoms with E-state index in [1.165, 1.54) is 0 Å². The smallest absolute Gasteiger partial charge is 0.261 e. The van der Waals surface area contributed by atoms with Gasteiger partial charge in [0, 0.05) is 6.07 Å². The number of halogens is 1. The summed E-state index contributed by atoms with van der Waals surface area (Å²) in [5.41, 5.74) is 5.76. The van der Waals surface area contributed by atoms with Crippen LogP contribution in [0.15, 0.2) is 77.2 Å². The van der Waals surface area contributed by atoms with Crippen molar-refractivity contribution in [3.63, 3.8) is 0 Å². The van der Waals surface area contributed by atoms with Gasteiger partial charge in [-0.05, 0) is 30.3 Å². The molecule has 0 atom stereocenters. The van der Waals surface area contributed by atoms with Gasteiger partial charge in [-0.3, -0.25) is 0 Å². The summed E-state index contributed by atoms with van der Waals surface area (Å²) < 4.78 is 14.0. The first kappa shape index (κ1) is 18.6. The average molecular weight is 482 g/mol. The van der Waals surface area contributed by atoms with Crippen molar-refractivity contribution in [3.8, 4) is 5.75 Å². The van der Waals surface area contributed by atoms with Gasteiger partial charge < -0.3 is 38.4 Å². The fourth-order valence-electron chi connectivity index (χ4n) is 3.76. The molecule has 4 nitrogen and oxygen atoms in total. The number of nitrogens with one attached hydrogen (secondary N) is 1. The maximum Gasteiger partial charge on any atom is 0.261 e. The van der Waals surface area contributed by atoms with Crippen molar-refractivity contribution >= 4 is 44.3 Å². The van der Waals surface area contributed by atoms with Gasteiger partial charge in [0.1, 0.15) is 24.1 Å². The number of benzene rings is 3. The minimum atomic E-state index is 0. The van der Waals surface area contributed by atoms with Gasteiger partial charge in [0.25, 0.3) is 5.52 Å². The molecule has 5 aromatic rings. The summed E-state index contributed by atoms with van der Waals surface area (Å²) in [6, 6.07) is 24.4. The number of ether oxygens (including phenoxy) is 1. The van der Waals surface area contributed by atoms with Crippen molar-refractivity contribution in [1.29, 1.82) is 0 Å². The molecule has 0 unspecified atom stereocenters. The van der Waals surface area contributed by atoms with Crippen molar-refractivity contribution in [2.75, 3.05) is 12.4 Å². The molecule has 0 saturated heterocycles. The summed E-state index contributed by atoms with van der Waals surface area (Å²) in [5.74, 6) is 0.791. The number of pyridine rings is 1. The third-order valence-electron chi connectivity index (χ3n) is 5.03. The number of hydrogen-bond donors (Lipinski definition) is 1. The second-order valence-electron chi connectivity index (χ2n) is 6.55. The molecular formula is C23H19IN2O2. The lowest BCUT2D eigenvalue weighted by Gasteiger charge is -2.12. The van der Waals surface area contributed by atoms with Gasteiger partial charge in [-0.15, -0.1) is 0 Å². The topological polar surface area (TPSA) is 38.3 Å². The first-order valence-electron chi connectivity index (χ1n) is 8.90. The van der Waals surface area contributed by atoms with Crippen molar-refractivity contribution < 1.29 is 37.7 Å². The number of anilines is 2. The fourth-order valence-corrected chi connectivity index (χ4v) is 3.76. The molecule has 0 radical (unpaired) electrons. The normalized spacial score (nSPS) is 10.9. The molecule has 1 N–H and O–H groups in total. The Kier molecular flexibility index (Phi) is 4.85. The van der Waals surface area contributed by atoms with Crippen LogP contribution in [0.5, 0.6) is 5.75 Å². The Hall–Kier alpha value is -2.80. The predicted molar refractivity (Wildman–Crippen MR) is 109 cm³/mol. The Morgan fingerprint density at radius 1 is 0.857 bits per heavy atom. The summed E-state index contributed by atoms with van der Waals surface area (Å²) in [6.45, 7) is 0. The van der Waals surface area contributed by atoms with Crippen LogP contribution >= 0.6 is 0 Å². The molecule has 3 aromatic carbocycles. The number of aryl methyl sites for hydroxylation is 1. The molecule has 0 fully saturated rings. The maximum atomic E-state index is 6.29. The summed E-state index contributed by atoms with van der Waals surface area (Å²) >= 11 is 0. The number of para-hydroxylation sites is 4. The summed E-state index contributed by atoms with van der Waals surface area (Å²) in [4.78, 5) is 0. The second kappa shape index (κ2) is 7.31. The van der Waals surface area contributed by atoms with Crippen LogP contribution in [0, 0.1) is 0 Å². The molecule has 28 heavy (non-hydrogen) atoms. The number of rotatable bonds is 3. The molecule has 140 valence electrons. The minimum absolute atomic E-state index is 0. The summed E-state index contributed by atoms with van der Waals surface area (Å²) in [6.07, 6.45) is 0. The predicted octanol–water partition coefficient (Wildman–Crippen LogP) is 2.32. The molecule has 5 rings (SSSR count). The van der Waals surface area contributed by atoms with Crippen molar-refractivity contribution in [2.45, 2.75) is 0 Å². The monoisotopic (exact) mass is 482 g/mol. The molecular weight excluding hydrogens is 463 g/mol. The van der Waals surface area contributed by atoms with E-state index in [-0.39, 0.29) is 24.0 Å². The van der Waals surface area contributed by atoms with E-state index in [1.807, 2.05) is 48.5 Å². The highest BCUT2D eigenvalue weighted by Gasteiger charge is 2.24. The molecule has 0 saturated carbocycles. The van der Waals surface area contributed by atoms with E-state index < -0.39 is 0 Å². The Morgan fingerprint density at radius 2 is 1.54 bits per heavy atom. The zero-order chi connectivity index (χ0) is 18.4. The second-order valence-corrected chi connectivity index (χ2v) is 6.55. The first-order valence-corrected chi connectivity index (χ1v) is 8.90. The van der Waals surface area contributed by atoms with Gasteiger partial charge >= 0.3 is 0 Å². The Bertz CT molecular complexity index is 1310. The van der Waals surface area contributed by atoms with Gasteiger partial charge in [-0.1, -0.05) is 36.4 Å². The van der Waals surface area contributed by atoms with Crippen molar-refractivity contribution in [1.82, 2.24) is 0 Å². The molecule has 0 bridgehead atoms. The molecule has 0 aliphatic heterocycles. The van der Waals surface area contributed by atoms with E-state index in [4.69, 9.17) is 9.15 Å². The number of nitrogens with zero attached hydrogens (tertiary/aromatic N) is 1. The van der Waals surface area contributed by atoms with Crippen LogP contribution in [0.1, 0.15) is 0 Å². The van der Waals surface area contributed by atoms with Gasteiger partial charge in [0.15, 0.2) is 0 Å². The first-order chi connectivity index (χ1) is 13.3. The van der Waals surface area contributed by atoms with Crippen LogP contribution in [0.3, 0.4) is 0 Å². The van der Waals surface area contributed by atoms with E-state index in [0.717, 1.165) is 50.1 Å². The average Bonchev–Trinajstić information content (AvgIpc) is 3.11. The van der Waals surface area contributed by atoms with Crippen LogP contribution < -0.4 is 38.6 Å². The van der Waals surface area contributed by atoms with Crippen LogP contribution in [-0.4, -0.2) is 7.11 Å². The lowest BCUT2D eigenvalue weighted by Crippen LogP contribution is -3.00. The third kappa shape index (κ3) is 2.77. The van der Waals surface area contributed by atoms with Crippen molar-refractivity contribution in [3.05, 3.63) is 72.8 Å². The molecule has 0 amide bonds. The van der Waals surface area contributed by atoms with Crippen LogP contribution in [0.2, 0.25) is 0 Å². The Morgan fingerprint density at radius 3 is 2.36 bits per heavy atom. The number of methoxy groups -OCH3 is 1. The lowest BCUT2D eigenvalue weighted by molar-refractivity contribution is -0.616. The summed E-state index contributed by atoms with van der Waals surface area (Å²) in [7, 11) is 3.76. The zero-order valence-corrected chi connectivity index (χ0v) is 17.7. The molecule has 0 aliphatic carbocycles. The van der Waals surface area contributed by atoms with Crippen LogP contribution in [-0.2, 0) is 7.05 Å². The lowest BCUT2D eigenvalue weighted by atomic mass is 10.1. The quantitative estimate of drug-likeness (QED) is 0.317. The molecule has 5 heteroatoms. The van der Waals surface area contributed by atoms with E-state index in [2.05, 4.69) is 41.2 Å². The summed E-state index contributed by atoms with van der Waals surface area (Å²) in [5, 5.41) is 5.76. The standard InChI is InChI=1S/C23H18N2O2.HI/c1-25-18-12-6-3-9-15(18)21(24-17-11-5-8-14-20(17)26-2)23-22(25)16-10-4-7-13-19(16)27-23;/h3-14H,1-2H3;1H. The fraction of sp³-hybridized carbons (Fsp3) is 0.0870.